The molecular formula is C29H48O2. The molecule has 0 radical (unpaired) electrons. The zero-order valence-electron chi connectivity index (χ0n) is 21.4. The average molecular weight is 429 g/mol. The van der Waals surface area contributed by atoms with Gasteiger partial charge in [0.25, 0.3) is 0 Å². The predicted octanol–water partition coefficient (Wildman–Crippen LogP) is 7.35. The molecule has 0 aromatic heterocycles. The van der Waals surface area contributed by atoms with Crippen LogP contribution < -0.4 is 0 Å². The van der Waals surface area contributed by atoms with Crippen molar-refractivity contribution in [3.8, 4) is 0 Å². The van der Waals surface area contributed by atoms with Crippen molar-refractivity contribution in [2.75, 3.05) is 0 Å². The highest BCUT2D eigenvalue weighted by atomic mass is 16.3. The molecule has 4 saturated carbocycles. The van der Waals surface area contributed by atoms with E-state index in [1.54, 1.807) is 0 Å². The number of fused-ring (bicyclic) bond motifs is 5. The minimum absolute atomic E-state index is 0.150. The van der Waals surface area contributed by atoms with Crippen LogP contribution in [0.1, 0.15) is 113 Å². The maximum atomic E-state index is 12.8. The van der Waals surface area contributed by atoms with Crippen LogP contribution >= 0.6 is 0 Å². The van der Waals surface area contributed by atoms with Gasteiger partial charge in [0.15, 0.2) is 0 Å². The molecule has 0 aliphatic heterocycles. The third-order valence-corrected chi connectivity index (χ3v) is 11.3. The Morgan fingerprint density at radius 2 is 1.58 bits per heavy atom. The maximum Gasteiger partial charge on any atom is 0.138 e. The lowest BCUT2D eigenvalue weighted by Crippen LogP contribution is -2.59. The van der Waals surface area contributed by atoms with Gasteiger partial charge in [0.05, 0.1) is 5.60 Å². The largest absolute Gasteiger partial charge is 0.390 e. The van der Waals surface area contributed by atoms with Gasteiger partial charge in [-0.1, -0.05) is 39.3 Å². The predicted molar refractivity (Wildman–Crippen MR) is 129 cm³/mol. The van der Waals surface area contributed by atoms with E-state index in [0.29, 0.717) is 34.4 Å². The van der Waals surface area contributed by atoms with E-state index >= 15 is 0 Å². The first-order valence-corrected chi connectivity index (χ1v) is 13.2. The average Bonchev–Trinajstić information content (AvgIpc) is 3.03. The monoisotopic (exact) mass is 428 g/mol. The molecule has 0 heterocycles. The number of allylic oxidation sites excluding steroid dienone is 2. The van der Waals surface area contributed by atoms with Crippen LogP contribution in [-0.4, -0.2) is 16.5 Å². The summed E-state index contributed by atoms with van der Waals surface area (Å²) in [4.78, 5) is 12.8. The molecule has 0 bridgehead atoms. The normalized spacial score (nSPS) is 45.8. The fraction of sp³-hybridized carbons (Fsp3) is 0.897. The highest BCUT2D eigenvalue weighted by Crippen LogP contribution is 2.70. The lowest BCUT2D eigenvalue weighted by molar-refractivity contribution is -0.171. The summed E-state index contributed by atoms with van der Waals surface area (Å²) in [7, 11) is 0. The lowest BCUT2D eigenvalue weighted by atomic mass is 9.40. The van der Waals surface area contributed by atoms with Gasteiger partial charge in [-0.05, 0) is 119 Å². The Morgan fingerprint density at radius 1 is 0.968 bits per heavy atom. The van der Waals surface area contributed by atoms with Crippen LogP contribution in [0, 0.1) is 45.8 Å². The van der Waals surface area contributed by atoms with Crippen molar-refractivity contribution in [3.63, 3.8) is 0 Å². The van der Waals surface area contributed by atoms with Crippen molar-refractivity contribution < 1.29 is 9.90 Å². The first kappa shape index (κ1) is 23.5. The van der Waals surface area contributed by atoms with Gasteiger partial charge in [-0.15, -0.1) is 0 Å². The van der Waals surface area contributed by atoms with Gasteiger partial charge in [0, 0.05) is 11.8 Å². The van der Waals surface area contributed by atoms with E-state index in [0.717, 1.165) is 37.5 Å². The quantitative estimate of drug-likeness (QED) is 0.475. The van der Waals surface area contributed by atoms with Gasteiger partial charge in [-0.25, -0.2) is 0 Å². The topological polar surface area (TPSA) is 37.3 Å². The van der Waals surface area contributed by atoms with Gasteiger partial charge >= 0.3 is 0 Å². The summed E-state index contributed by atoms with van der Waals surface area (Å²) in [5.41, 5.74) is 1.34. The first-order chi connectivity index (χ1) is 14.3. The van der Waals surface area contributed by atoms with Gasteiger partial charge < -0.3 is 5.11 Å². The Morgan fingerprint density at radius 3 is 2.26 bits per heavy atom. The Labute approximate surface area is 191 Å². The van der Waals surface area contributed by atoms with Crippen LogP contribution in [0.15, 0.2) is 11.6 Å². The summed E-state index contributed by atoms with van der Waals surface area (Å²) in [5.74, 6) is 3.69. The summed E-state index contributed by atoms with van der Waals surface area (Å²) < 4.78 is 0. The molecule has 4 rings (SSSR count). The molecule has 2 nitrogen and oxygen atoms in total. The molecule has 1 N–H and O–H groups in total. The zero-order valence-corrected chi connectivity index (χ0v) is 21.4. The van der Waals surface area contributed by atoms with Crippen molar-refractivity contribution in [2.45, 2.75) is 118 Å². The number of ketones is 1. The highest BCUT2D eigenvalue weighted by molar-refractivity contribution is 5.85. The summed E-state index contributed by atoms with van der Waals surface area (Å²) >= 11 is 0. The van der Waals surface area contributed by atoms with Crippen LogP contribution in [0.2, 0.25) is 0 Å². The number of rotatable bonds is 4. The molecule has 0 spiro atoms. The smallest absolute Gasteiger partial charge is 0.138 e. The molecule has 0 aromatic rings. The lowest BCUT2D eigenvalue weighted by Gasteiger charge is -2.64. The van der Waals surface area contributed by atoms with Gasteiger partial charge in [-0.3, -0.25) is 4.79 Å². The molecule has 4 fully saturated rings. The SMILES string of the molecule is CC(C)=CCC[C@](C)(O)[C@H]1CC[C@@]2(C)[C@@H]1CC[C@H]1[C@H]2CCC2C(C)(C)C(=O)CC[C@@]21C. The van der Waals surface area contributed by atoms with Crippen molar-refractivity contribution >= 4 is 5.78 Å². The Kier molecular flexibility index (Phi) is 5.85. The van der Waals surface area contributed by atoms with Crippen LogP contribution in [-0.2, 0) is 4.79 Å². The van der Waals surface area contributed by atoms with E-state index in [4.69, 9.17) is 0 Å². The minimum Gasteiger partial charge on any atom is -0.390 e. The molecule has 2 heteroatoms. The molecule has 176 valence electrons. The summed E-state index contributed by atoms with van der Waals surface area (Å²) in [6.07, 6.45) is 13.6. The fourth-order valence-electron chi connectivity index (χ4n) is 9.61. The maximum absolute atomic E-state index is 12.8. The van der Waals surface area contributed by atoms with Crippen LogP contribution in [0.3, 0.4) is 0 Å². The summed E-state index contributed by atoms with van der Waals surface area (Å²) in [6, 6.07) is 0. The number of Topliss-reactive ketones (excluding diaryl/α,β-unsaturated/α-hetero) is 1. The highest BCUT2D eigenvalue weighted by Gasteiger charge is 2.64. The van der Waals surface area contributed by atoms with Crippen molar-refractivity contribution in [1.82, 2.24) is 0 Å². The van der Waals surface area contributed by atoms with E-state index in [1.807, 2.05) is 0 Å². The van der Waals surface area contributed by atoms with E-state index in [-0.39, 0.29) is 5.41 Å². The van der Waals surface area contributed by atoms with Crippen molar-refractivity contribution in [3.05, 3.63) is 11.6 Å². The molecule has 1 unspecified atom stereocenters. The van der Waals surface area contributed by atoms with E-state index < -0.39 is 5.60 Å². The third-order valence-electron chi connectivity index (χ3n) is 11.3. The van der Waals surface area contributed by atoms with Crippen molar-refractivity contribution in [1.29, 1.82) is 0 Å². The Bertz CT molecular complexity index is 742. The molecule has 4 aliphatic carbocycles. The number of hydrogen-bond acceptors (Lipinski definition) is 2. The molecule has 0 amide bonds. The Balaban J connectivity index is 1.56. The minimum atomic E-state index is -0.554. The second kappa shape index (κ2) is 7.71. The van der Waals surface area contributed by atoms with Crippen LogP contribution in [0.4, 0.5) is 0 Å². The number of aliphatic hydroxyl groups is 1. The summed E-state index contributed by atoms with van der Waals surface area (Å²) in [6.45, 7) is 16.0. The molecule has 4 aliphatic rings. The first-order valence-electron chi connectivity index (χ1n) is 13.2. The van der Waals surface area contributed by atoms with E-state index in [2.05, 4.69) is 54.5 Å². The van der Waals surface area contributed by atoms with Gasteiger partial charge in [0.2, 0.25) is 0 Å². The van der Waals surface area contributed by atoms with Gasteiger partial charge in [0.1, 0.15) is 5.78 Å². The van der Waals surface area contributed by atoms with E-state index in [1.165, 1.54) is 44.1 Å². The molecule has 8 atom stereocenters. The third kappa shape index (κ3) is 3.58. The molecule has 0 aromatic carbocycles. The molecule has 31 heavy (non-hydrogen) atoms. The van der Waals surface area contributed by atoms with Gasteiger partial charge in [-0.2, -0.15) is 0 Å². The summed E-state index contributed by atoms with van der Waals surface area (Å²) in [5, 5.41) is 11.5. The standard InChI is InChI=1S/C29H48O2/c1-19(2)9-8-16-29(7,31)23-14-17-27(5)20-12-13-24-26(3,4)25(30)15-18-28(24,6)21(20)10-11-22(23)27/h9,20-24,31H,8,10-18H2,1-7H3/t20-,21+,22-,23+,24?,27-,28-,29+/m1/s1. The fourth-order valence-corrected chi connectivity index (χ4v) is 9.61. The van der Waals surface area contributed by atoms with E-state index in [9.17, 15) is 9.90 Å². The second-order valence-corrected chi connectivity index (χ2v) is 13.5. The van der Waals surface area contributed by atoms with Crippen LogP contribution in [0.5, 0.6) is 0 Å². The number of carbonyl (C=O) groups is 1. The molecular weight excluding hydrogens is 380 g/mol. The number of hydrogen-bond donors (Lipinski definition) is 1. The Hall–Kier alpha value is -0.630. The zero-order chi connectivity index (χ0) is 22.8. The van der Waals surface area contributed by atoms with Crippen molar-refractivity contribution in [2.24, 2.45) is 45.8 Å². The second-order valence-electron chi connectivity index (χ2n) is 13.5. The number of carbonyl (C=O) groups excluding carboxylic acids is 1. The molecule has 0 saturated heterocycles. The van der Waals surface area contributed by atoms with Crippen LogP contribution in [0.25, 0.3) is 0 Å².